The molecule has 3 N–H and O–H groups in total. The Kier molecular flexibility index (Phi) is 4.97. The van der Waals surface area contributed by atoms with Crippen LogP contribution in [-0.4, -0.2) is 30.9 Å². The average Bonchev–Trinajstić information content (AvgIpc) is 2.25. The van der Waals surface area contributed by atoms with E-state index in [1.54, 1.807) is 0 Å². The molecule has 4 heteroatoms. The van der Waals surface area contributed by atoms with E-state index in [0.29, 0.717) is 12.2 Å². The SMILES string of the molecule is CCCN(C)CC(=O)Nc1cccc(N)c1C. The number of rotatable bonds is 5. The van der Waals surface area contributed by atoms with Crippen LogP contribution >= 0.6 is 0 Å². The van der Waals surface area contributed by atoms with Gasteiger partial charge in [0.25, 0.3) is 0 Å². The number of hydrogen-bond acceptors (Lipinski definition) is 3. The number of amides is 1. The molecule has 0 spiro atoms. The van der Waals surface area contributed by atoms with Gasteiger partial charge in [0.15, 0.2) is 0 Å². The first-order chi connectivity index (χ1) is 8.04. The molecule has 1 aromatic rings. The first-order valence-corrected chi connectivity index (χ1v) is 5.88. The number of anilines is 2. The van der Waals surface area contributed by atoms with Gasteiger partial charge in [0.2, 0.25) is 5.91 Å². The molecular weight excluding hydrogens is 214 g/mol. The van der Waals surface area contributed by atoms with Crippen LogP contribution in [0.3, 0.4) is 0 Å². The Balaban J connectivity index is 2.59. The van der Waals surface area contributed by atoms with Crippen LogP contribution in [0.4, 0.5) is 11.4 Å². The Hall–Kier alpha value is -1.55. The molecule has 0 aromatic heterocycles. The summed E-state index contributed by atoms with van der Waals surface area (Å²) >= 11 is 0. The molecule has 1 rings (SSSR count). The molecule has 0 aliphatic carbocycles. The highest BCUT2D eigenvalue weighted by molar-refractivity contribution is 5.93. The number of nitrogens with two attached hydrogens (primary N) is 1. The van der Waals surface area contributed by atoms with Crippen molar-refractivity contribution in [1.29, 1.82) is 0 Å². The summed E-state index contributed by atoms with van der Waals surface area (Å²) in [6.07, 6.45) is 1.04. The number of carbonyl (C=O) groups is 1. The Morgan fingerprint density at radius 3 is 2.82 bits per heavy atom. The van der Waals surface area contributed by atoms with Crippen LogP contribution in [0.15, 0.2) is 18.2 Å². The number of carbonyl (C=O) groups excluding carboxylic acids is 1. The van der Waals surface area contributed by atoms with Crippen LogP contribution < -0.4 is 11.1 Å². The summed E-state index contributed by atoms with van der Waals surface area (Å²) in [5.41, 5.74) is 8.19. The molecule has 0 heterocycles. The van der Waals surface area contributed by atoms with E-state index in [1.807, 2.05) is 37.1 Å². The van der Waals surface area contributed by atoms with E-state index in [2.05, 4.69) is 12.2 Å². The second-order valence-corrected chi connectivity index (χ2v) is 4.31. The lowest BCUT2D eigenvalue weighted by atomic mass is 10.1. The summed E-state index contributed by atoms with van der Waals surface area (Å²) in [5.74, 6) is -0.00495. The minimum absolute atomic E-state index is 0.00495. The third-order valence-corrected chi connectivity index (χ3v) is 2.67. The van der Waals surface area contributed by atoms with Crippen molar-refractivity contribution in [3.63, 3.8) is 0 Å². The van der Waals surface area contributed by atoms with Gasteiger partial charge in [-0.2, -0.15) is 0 Å². The van der Waals surface area contributed by atoms with Gasteiger partial charge in [-0.25, -0.2) is 0 Å². The highest BCUT2D eigenvalue weighted by Crippen LogP contribution is 2.20. The maximum absolute atomic E-state index is 11.8. The summed E-state index contributed by atoms with van der Waals surface area (Å²) < 4.78 is 0. The molecule has 17 heavy (non-hydrogen) atoms. The molecule has 0 atom stereocenters. The first-order valence-electron chi connectivity index (χ1n) is 5.88. The summed E-state index contributed by atoms with van der Waals surface area (Å²) in [6.45, 7) is 5.32. The summed E-state index contributed by atoms with van der Waals surface area (Å²) in [6, 6.07) is 5.53. The maximum atomic E-state index is 11.8. The Morgan fingerprint density at radius 1 is 1.47 bits per heavy atom. The summed E-state index contributed by atoms with van der Waals surface area (Å²) in [5, 5.41) is 2.88. The normalized spacial score (nSPS) is 10.6. The van der Waals surface area contributed by atoms with E-state index < -0.39 is 0 Å². The lowest BCUT2D eigenvalue weighted by Crippen LogP contribution is -2.30. The number of nitrogens with zero attached hydrogens (tertiary/aromatic N) is 1. The van der Waals surface area contributed by atoms with E-state index in [-0.39, 0.29) is 5.91 Å². The molecule has 0 radical (unpaired) electrons. The zero-order valence-electron chi connectivity index (χ0n) is 10.8. The number of hydrogen-bond donors (Lipinski definition) is 2. The van der Waals surface area contributed by atoms with Crippen LogP contribution in [0.5, 0.6) is 0 Å². The van der Waals surface area contributed by atoms with Crippen molar-refractivity contribution in [1.82, 2.24) is 4.90 Å². The number of likely N-dealkylation sites (N-methyl/N-ethyl adjacent to an activating group) is 1. The Morgan fingerprint density at radius 2 is 2.18 bits per heavy atom. The van der Waals surface area contributed by atoms with Gasteiger partial charge in [0.1, 0.15) is 0 Å². The third-order valence-electron chi connectivity index (χ3n) is 2.67. The van der Waals surface area contributed by atoms with E-state index in [4.69, 9.17) is 5.73 Å². The molecule has 0 bridgehead atoms. The van der Waals surface area contributed by atoms with Crippen molar-refractivity contribution in [2.45, 2.75) is 20.3 Å². The van der Waals surface area contributed by atoms with Gasteiger partial charge in [-0.3, -0.25) is 9.69 Å². The van der Waals surface area contributed by atoms with E-state index in [0.717, 1.165) is 24.2 Å². The molecule has 4 nitrogen and oxygen atoms in total. The zero-order valence-corrected chi connectivity index (χ0v) is 10.8. The lowest BCUT2D eigenvalue weighted by molar-refractivity contribution is -0.117. The molecule has 94 valence electrons. The van der Waals surface area contributed by atoms with Crippen LogP contribution in [-0.2, 0) is 4.79 Å². The highest BCUT2D eigenvalue weighted by Gasteiger charge is 2.08. The van der Waals surface area contributed by atoms with E-state index >= 15 is 0 Å². The smallest absolute Gasteiger partial charge is 0.238 e. The molecule has 0 saturated carbocycles. The van der Waals surface area contributed by atoms with Crippen molar-refractivity contribution < 1.29 is 4.79 Å². The fraction of sp³-hybridized carbons (Fsp3) is 0.462. The molecular formula is C13H21N3O. The van der Waals surface area contributed by atoms with Crippen molar-refractivity contribution in [3.8, 4) is 0 Å². The van der Waals surface area contributed by atoms with Crippen LogP contribution in [0, 0.1) is 6.92 Å². The van der Waals surface area contributed by atoms with Crippen LogP contribution in [0.2, 0.25) is 0 Å². The van der Waals surface area contributed by atoms with Gasteiger partial charge >= 0.3 is 0 Å². The number of nitrogen functional groups attached to an aromatic ring is 1. The minimum atomic E-state index is -0.00495. The predicted octanol–water partition coefficient (Wildman–Crippen LogP) is 1.86. The van der Waals surface area contributed by atoms with Crippen molar-refractivity contribution in [2.75, 3.05) is 31.2 Å². The lowest BCUT2D eigenvalue weighted by Gasteiger charge is -2.16. The van der Waals surface area contributed by atoms with Gasteiger partial charge in [0.05, 0.1) is 6.54 Å². The van der Waals surface area contributed by atoms with Crippen molar-refractivity contribution in [2.24, 2.45) is 0 Å². The number of benzene rings is 1. The maximum Gasteiger partial charge on any atom is 0.238 e. The number of nitrogens with one attached hydrogen (secondary N) is 1. The highest BCUT2D eigenvalue weighted by atomic mass is 16.2. The summed E-state index contributed by atoms with van der Waals surface area (Å²) in [7, 11) is 1.94. The van der Waals surface area contributed by atoms with Crippen molar-refractivity contribution >= 4 is 17.3 Å². The second kappa shape index (κ2) is 6.25. The molecule has 0 aliphatic rings. The molecule has 1 aromatic carbocycles. The quantitative estimate of drug-likeness (QED) is 0.766. The first kappa shape index (κ1) is 13.5. The standard InChI is InChI=1S/C13H21N3O/c1-4-8-16(3)9-13(17)15-12-7-5-6-11(14)10(12)2/h5-7H,4,8-9,14H2,1-3H3,(H,15,17). The van der Waals surface area contributed by atoms with E-state index in [1.165, 1.54) is 0 Å². The van der Waals surface area contributed by atoms with Gasteiger partial charge in [-0.1, -0.05) is 13.0 Å². The van der Waals surface area contributed by atoms with Gasteiger partial charge in [-0.05, 0) is 44.6 Å². The minimum Gasteiger partial charge on any atom is -0.398 e. The Bertz CT molecular complexity index is 390. The van der Waals surface area contributed by atoms with Gasteiger partial charge in [-0.15, -0.1) is 0 Å². The van der Waals surface area contributed by atoms with Gasteiger partial charge < -0.3 is 11.1 Å². The topological polar surface area (TPSA) is 58.4 Å². The predicted molar refractivity (Wildman–Crippen MR) is 72.0 cm³/mol. The molecule has 0 fully saturated rings. The monoisotopic (exact) mass is 235 g/mol. The second-order valence-electron chi connectivity index (χ2n) is 4.31. The van der Waals surface area contributed by atoms with Crippen LogP contribution in [0.25, 0.3) is 0 Å². The molecule has 0 unspecified atom stereocenters. The Labute approximate surface area is 103 Å². The fourth-order valence-corrected chi connectivity index (χ4v) is 1.68. The fourth-order valence-electron chi connectivity index (χ4n) is 1.68. The van der Waals surface area contributed by atoms with Gasteiger partial charge in [0, 0.05) is 11.4 Å². The van der Waals surface area contributed by atoms with Crippen molar-refractivity contribution in [3.05, 3.63) is 23.8 Å². The van der Waals surface area contributed by atoms with Crippen LogP contribution in [0.1, 0.15) is 18.9 Å². The summed E-state index contributed by atoms with van der Waals surface area (Å²) in [4.78, 5) is 13.8. The molecule has 0 aliphatic heterocycles. The third kappa shape index (κ3) is 4.07. The molecule has 1 amide bonds. The largest absolute Gasteiger partial charge is 0.398 e. The zero-order chi connectivity index (χ0) is 12.8. The molecule has 0 saturated heterocycles. The van der Waals surface area contributed by atoms with E-state index in [9.17, 15) is 4.79 Å². The average molecular weight is 235 g/mol.